The van der Waals surface area contributed by atoms with Crippen LogP contribution >= 0.6 is 11.3 Å². The van der Waals surface area contributed by atoms with Crippen molar-refractivity contribution in [2.75, 3.05) is 10.5 Å². The third-order valence-electron chi connectivity index (χ3n) is 2.21. The SMILES string of the molecule is Cc1ccc(NS(=O)(=O)c2cccs2)c(N)c1. The van der Waals surface area contributed by atoms with Crippen molar-refractivity contribution in [1.29, 1.82) is 0 Å². The van der Waals surface area contributed by atoms with Crippen molar-refractivity contribution in [3.63, 3.8) is 0 Å². The summed E-state index contributed by atoms with van der Waals surface area (Å²) in [6, 6.07) is 8.44. The van der Waals surface area contributed by atoms with Gasteiger partial charge in [0.15, 0.2) is 0 Å². The molecule has 0 saturated carbocycles. The zero-order valence-corrected chi connectivity index (χ0v) is 10.8. The summed E-state index contributed by atoms with van der Waals surface area (Å²) in [4.78, 5) is 0. The first-order valence-corrected chi connectivity index (χ1v) is 7.28. The molecule has 0 unspecified atom stereocenters. The fourth-order valence-electron chi connectivity index (χ4n) is 1.39. The number of sulfonamides is 1. The molecule has 90 valence electrons. The number of nitrogens with two attached hydrogens (primary N) is 1. The second kappa shape index (κ2) is 4.38. The Hall–Kier alpha value is -1.53. The van der Waals surface area contributed by atoms with E-state index in [1.807, 2.05) is 13.0 Å². The molecule has 1 heterocycles. The van der Waals surface area contributed by atoms with Crippen molar-refractivity contribution in [2.24, 2.45) is 0 Å². The van der Waals surface area contributed by atoms with Gasteiger partial charge in [-0.05, 0) is 36.1 Å². The molecule has 0 spiro atoms. The van der Waals surface area contributed by atoms with E-state index in [1.54, 1.807) is 29.6 Å². The van der Waals surface area contributed by atoms with Gasteiger partial charge in [0.1, 0.15) is 4.21 Å². The first kappa shape index (κ1) is 11.9. The van der Waals surface area contributed by atoms with Crippen LogP contribution in [0.25, 0.3) is 0 Å². The molecule has 0 amide bonds. The van der Waals surface area contributed by atoms with Crippen LogP contribution in [-0.2, 0) is 10.0 Å². The number of rotatable bonds is 3. The standard InChI is InChI=1S/C11H12N2O2S2/c1-8-4-5-10(9(12)7-8)13-17(14,15)11-3-2-6-16-11/h2-7,13H,12H2,1H3. The van der Waals surface area contributed by atoms with Gasteiger partial charge in [0, 0.05) is 0 Å². The summed E-state index contributed by atoms with van der Waals surface area (Å²) in [7, 11) is -3.52. The highest BCUT2D eigenvalue weighted by Crippen LogP contribution is 2.24. The van der Waals surface area contributed by atoms with Crippen molar-refractivity contribution in [1.82, 2.24) is 0 Å². The van der Waals surface area contributed by atoms with Crippen molar-refractivity contribution in [3.05, 3.63) is 41.3 Å². The lowest BCUT2D eigenvalue weighted by molar-refractivity contribution is 0.603. The van der Waals surface area contributed by atoms with E-state index in [9.17, 15) is 8.42 Å². The molecular weight excluding hydrogens is 256 g/mol. The van der Waals surface area contributed by atoms with Gasteiger partial charge in [0.2, 0.25) is 0 Å². The summed E-state index contributed by atoms with van der Waals surface area (Å²) < 4.78 is 26.6. The number of hydrogen-bond donors (Lipinski definition) is 2. The highest BCUT2D eigenvalue weighted by atomic mass is 32.2. The van der Waals surface area contributed by atoms with E-state index in [0.717, 1.165) is 5.56 Å². The van der Waals surface area contributed by atoms with Crippen molar-refractivity contribution >= 4 is 32.7 Å². The molecule has 0 atom stereocenters. The van der Waals surface area contributed by atoms with E-state index in [2.05, 4.69) is 4.72 Å². The van der Waals surface area contributed by atoms with E-state index in [0.29, 0.717) is 11.4 Å². The number of aryl methyl sites for hydroxylation is 1. The number of anilines is 2. The van der Waals surface area contributed by atoms with Crippen LogP contribution in [0.2, 0.25) is 0 Å². The molecule has 1 aromatic carbocycles. The Labute approximate surface area is 104 Å². The number of nitrogens with one attached hydrogen (secondary N) is 1. The number of thiophene rings is 1. The fraction of sp³-hybridized carbons (Fsp3) is 0.0909. The van der Waals surface area contributed by atoms with Crippen molar-refractivity contribution < 1.29 is 8.42 Å². The van der Waals surface area contributed by atoms with Crippen LogP contribution in [0.3, 0.4) is 0 Å². The van der Waals surface area contributed by atoms with Gasteiger partial charge in [0.25, 0.3) is 10.0 Å². The fourth-order valence-corrected chi connectivity index (χ4v) is 3.47. The van der Waals surface area contributed by atoms with Crippen molar-refractivity contribution in [2.45, 2.75) is 11.1 Å². The molecule has 2 rings (SSSR count). The van der Waals surface area contributed by atoms with Gasteiger partial charge in [-0.2, -0.15) is 0 Å². The molecule has 1 aromatic heterocycles. The first-order chi connectivity index (χ1) is 7.99. The van der Waals surface area contributed by atoms with Gasteiger partial charge in [-0.25, -0.2) is 8.42 Å². The molecule has 0 aliphatic carbocycles. The van der Waals surface area contributed by atoms with E-state index in [-0.39, 0.29) is 4.21 Å². The van der Waals surface area contributed by atoms with Gasteiger partial charge in [-0.1, -0.05) is 12.1 Å². The van der Waals surface area contributed by atoms with Crippen LogP contribution in [0.5, 0.6) is 0 Å². The molecule has 0 bridgehead atoms. The maximum atomic E-state index is 11.9. The summed E-state index contributed by atoms with van der Waals surface area (Å²) in [5, 5.41) is 1.72. The van der Waals surface area contributed by atoms with Crippen LogP contribution in [0, 0.1) is 6.92 Å². The Bertz CT molecular complexity index is 619. The quantitative estimate of drug-likeness (QED) is 0.840. The Morgan fingerprint density at radius 2 is 2.06 bits per heavy atom. The van der Waals surface area contributed by atoms with Gasteiger partial charge in [-0.15, -0.1) is 11.3 Å². The summed E-state index contributed by atoms with van der Waals surface area (Å²) in [6.45, 7) is 1.90. The summed E-state index contributed by atoms with van der Waals surface area (Å²) in [5.74, 6) is 0. The average Bonchev–Trinajstić information content (AvgIpc) is 2.76. The summed E-state index contributed by atoms with van der Waals surface area (Å²) in [5.41, 5.74) is 7.57. The monoisotopic (exact) mass is 268 g/mol. The predicted octanol–water partition coefficient (Wildman–Crippen LogP) is 2.44. The van der Waals surface area contributed by atoms with E-state index < -0.39 is 10.0 Å². The normalized spacial score (nSPS) is 11.4. The highest BCUT2D eigenvalue weighted by molar-refractivity contribution is 7.94. The molecule has 2 aromatic rings. The minimum absolute atomic E-state index is 0.275. The Balaban J connectivity index is 2.33. The smallest absolute Gasteiger partial charge is 0.271 e. The average molecular weight is 268 g/mol. The van der Waals surface area contributed by atoms with Crippen LogP contribution in [-0.4, -0.2) is 8.42 Å². The van der Waals surface area contributed by atoms with Gasteiger partial charge >= 0.3 is 0 Å². The highest BCUT2D eigenvalue weighted by Gasteiger charge is 2.16. The molecule has 6 heteroatoms. The van der Waals surface area contributed by atoms with Gasteiger partial charge < -0.3 is 5.73 Å². The minimum atomic E-state index is -3.52. The lowest BCUT2D eigenvalue weighted by Crippen LogP contribution is -2.12. The third kappa shape index (κ3) is 2.59. The lowest BCUT2D eigenvalue weighted by atomic mass is 10.2. The molecular formula is C11H12N2O2S2. The molecule has 0 saturated heterocycles. The number of benzene rings is 1. The molecule has 4 nitrogen and oxygen atoms in total. The summed E-state index contributed by atoms with van der Waals surface area (Å²) in [6.07, 6.45) is 0. The molecule has 3 N–H and O–H groups in total. The van der Waals surface area contributed by atoms with Crippen LogP contribution in [0.4, 0.5) is 11.4 Å². The predicted molar refractivity (Wildman–Crippen MR) is 70.7 cm³/mol. The first-order valence-electron chi connectivity index (χ1n) is 4.91. The van der Waals surface area contributed by atoms with Crippen LogP contribution in [0.15, 0.2) is 39.9 Å². The number of nitrogen functional groups attached to an aromatic ring is 1. The molecule has 0 radical (unpaired) electrons. The zero-order chi connectivity index (χ0) is 12.5. The zero-order valence-electron chi connectivity index (χ0n) is 9.17. The van der Waals surface area contributed by atoms with Crippen molar-refractivity contribution in [3.8, 4) is 0 Å². The van der Waals surface area contributed by atoms with Crippen LogP contribution < -0.4 is 10.5 Å². The summed E-state index contributed by atoms with van der Waals surface area (Å²) >= 11 is 1.17. The third-order valence-corrected chi connectivity index (χ3v) is 4.97. The van der Waals surface area contributed by atoms with E-state index in [4.69, 9.17) is 5.73 Å². The second-order valence-corrected chi connectivity index (χ2v) is 6.49. The second-order valence-electron chi connectivity index (χ2n) is 3.63. The van der Waals surface area contributed by atoms with Gasteiger partial charge in [0.05, 0.1) is 11.4 Å². The maximum absolute atomic E-state index is 11.9. The lowest BCUT2D eigenvalue weighted by Gasteiger charge is -2.09. The topological polar surface area (TPSA) is 72.2 Å². The molecule has 17 heavy (non-hydrogen) atoms. The Kier molecular flexibility index (Phi) is 3.08. The van der Waals surface area contributed by atoms with Crippen LogP contribution in [0.1, 0.15) is 5.56 Å². The minimum Gasteiger partial charge on any atom is -0.397 e. The molecule has 0 aliphatic heterocycles. The van der Waals surface area contributed by atoms with E-state index in [1.165, 1.54) is 11.3 Å². The number of hydrogen-bond acceptors (Lipinski definition) is 4. The molecule has 0 aliphatic rings. The Morgan fingerprint density at radius 3 is 2.65 bits per heavy atom. The molecule has 0 fully saturated rings. The largest absolute Gasteiger partial charge is 0.397 e. The Morgan fingerprint density at radius 1 is 1.29 bits per heavy atom. The maximum Gasteiger partial charge on any atom is 0.271 e. The van der Waals surface area contributed by atoms with Gasteiger partial charge in [-0.3, -0.25) is 4.72 Å². The van der Waals surface area contributed by atoms with E-state index >= 15 is 0 Å².